The molecule has 3 rings (SSSR count). The van der Waals surface area contributed by atoms with Gasteiger partial charge in [0.15, 0.2) is 0 Å². The molecular formula is C16H23NO2S. The summed E-state index contributed by atoms with van der Waals surface area (Å²) in [5.41, 5.74) is 1.45. The van der Waals surface area contributed by atoms with E-state index < -0.39 is 0 Å². The normalized spacial score (nSPS) is 30.9. The van der Waals surface area contributed by atoms with Crippen molar-refractivity contribution in [2.45, 2.75) is 37.5 Å². The van der Waals surface area contributed by atoms with Crippen LogP contribution in [0, 0.1) is 0 Å². The molecule has 0 aromatic carbocycles. The number of ether oxygens (including phenoxy) is 2. The van der Waals surface area contributed by atoms with Gasteiger partial charge < -0.3 is 9.47 Å². The Bertz CT molecular complexity index is 434. The highest BCUT2D eigenvalue weighted by Gasteiger charge is 2.43. The van der Waals surface area contributed by atoms with Crippen molar-refractivity contribution in [3.05, 3.63) is 35.0 Å². The zero-order valence-corrected chi connectivity index (χ0v) is 12.7. The van der Waals surface area contributed by atoms with Gasteiger partial charge in [0, 0.05) is 19.5 Å². The lowest BCUT2D eigenvalue weighted by Gasteiger charge is -2.39. The quantitative estimate of drug-likeness (QED) is 0.779. The standard InChI is InChI=1S/C16H23NO2S/c1-2-7-18-15-9-16(19-11-15)5-3-6-17(13-16)10-14-4-8-20-12-14/h2,4,8,12,15H,1,3,5-7,9-11,13H2/t15-,16+/m0/s1. The molecule has 110 valence electrons. The maximum absolute atomic E-state index is 6.14. The van der Waals surface area contributed by atoms with Gasteiger partial charge in [0.05, 0.1) is 24.9 Å². The second-order valence-electron chi connectivity index (χ2n) is 5.89. The van der Waals surface area contributed by atoms with Crippen molar-refractivity contribution in [3.63, 3.8) is 0 Å². The molecule has 2 saturated heterocycles. The Morgan fingerprint density at radius 2 is 2.55 bits per heavy atom. The molecule has 20 heavy (non-hydrogen) atoms. The number of piperidine rings is 1. The average Bonchev–Trinajstić information content (AvgIpc) is 3.07. The zero-order chi connectivity index (χ0) is 13.8. The Morgan fingerprint density at radius 3 is 3.35 bits per heavy atom. The van der Waals surface area contributed by atoms with Gasteiger partial charge in [0.2, 0.25) is 0 Å². The van der Waals surface area contributed by atoms with E-state index in [0.717, 1.165) is 26.1 Å². The lowest BCUT2D eigenvalue weighted by Crippen LogP contribution is -2.47. The van der Waals surface area contributed by atoms with Crippen LogP contribution in [0.1, 0.15) is 24.8 Å². The van der Waals surface area contributed by atoms with E-state index in [2.05, 4.69) is 28.3 Å². The summed E-state index contributed by atoms with van der Waals surface area (Å²) >= 11 is 1.77. The molecule has 3 heterocycles. The van der Waals surface area contributed by atoms with Gasteiger partial charge in [-0.05, 0) is 41.8 Å². The van der Waals surface area contributed by atoms with E-state index in [1.165, 1.54) is 24.9 Å². The highest BCUT2D eigenvalue weighted by atomic mass is 32.1. The molecule has 0 bridgehead atoms. The van der Waals surface area contributed by atoms with E-state index >= 15 is 0 Å². The first-order chi connectivity index (χ1) is 9.80. The minimum absolute atomic E-state index is 0.0279. The summed E-state index contributed by atoms with van der Waals surface area (Å²) in [5, 5.41) is 4.40. The van der Waals surface area contributed by atoms with E-state index in [4.69, 9.17) is 9.47 Å². The Morgan fingerprint density at radius 1 is 1.60 bits per heavy atom. The second kappa shape index (κ2) is 6.39. The molecule has 0 amide bonds. The Balaban J connectivity index is 1.56. The molecule has 1 aromatic rings. The van der Waals surface area contributed by atoms with Crippen LogP contribution < -0.4 is 0 Å². The third-order valence-corrected chi connectivity index (χ3v) is 4.96. The van der Waals surface area contributed by atoms with Crippen molar-refractivity contribution in [1.82, 2.24) is 4.90 Å². The van der Waals surface area contributed by atoms with Gasteiger partial charge in [-0.2, -0.15) is 11.3 Å². The molecule has 2 atom stereocenters. The van der Waals surface area contributed by atoms with E-state index in [1.807, 2.05) is 6.08 Å². The van der Waals surface area contributed by atoms with Crippen LogP contribution in [0.3, 0.4) is 0 Å². The molecule has 0 radical (unpaired) electrons. The molecular weight excluding hydrogens is 270 g/mol. The zero-order valence-electron chi connectivity index (χ0n) is 11.9. The fourth-order valence-corrected chi connectivity index (χ4v) is 4.02. The molecule has 0 aliphatic carbocycles. The van der Waals surface area contributed by atoms with Crippen LogP contribution in [-0.4, -0.2) is 42.9 Å². The molecule has 2 fully saturated rings. The predicted molar refractivity (Wildman–Crippen MR) is 82.1 cm³/mol. The van der Waals surface area contributed by atoms with Crippen molar-refractivity contribution in [1.29, 1.82) is 0 Å². The Kier molecular flexibility index (Phi) is 4.56. The molecule has 0 saturated carbocycles. The average molecular weight is 293 g/mol. The van der Waals surface area contributed by atoms with Gasteiger partial charge in [-0.15, -0.1) is 6.58 Å². The molecule has 1 aromatic heterocycles. The van der Waals surface area contributed by atoms with Gasteiger partial charge in [0.25, 0.3) is 0 Å². The SMILES string of the molecule is C=CCO[C@@H]1CO[C@]2(CCCN(Cc3ccsc3)C2)C1. The van der Waals surface area contributed by atoms with Crippen molar-refractivity contribution in [3.8, 4) is 0 Å². The maximum Gasteiger partial charge on any atom is 0.0841 e. The lowest BCUT2D eigenvalue weighted by molar-refractivity contribution is -0.0544. The van der Waals surface area contributed by atoms with Gasteiger partial charge in [0.1, 0.15) is 0 Å². The van der Waals surface area contributed by atoms with Gasteiger partial charge in [-0.1, -0.05) is 6.08 Å². The number of nitrogens with zero attached hydrogens (tertiary/aromatic N) is 1. The topological polar surface area (TPSA) is 21.7 Å². The molecule has 3 nitrogen and oxygen atoms in total. The van der Waals surface area contributed by atoms with Crippen molar-refractivity contribution < 1.29 is 9.47 Å². The van der Waals surface area contributed by atoms with Crippen molar-refractivity contribution >= 4 is 11.3 Å². The van der Waals surface area contributed by atoms with Crippen molar-refractivity contribution in [2.24, 2.45) is 0 Å². The molecule has 0 unspecified atom stereocenters. The number of rotatable bonds is 5. The highest BCUT2D eigenvalue weighted by molar-refractivity contribution is 7.07. The highest BCUT2D eigenvalue weighted by Crippen LogP contribution is 2.36. The predicted octanol–water partition coefficient (Wildman–Crippen LogP) is 3.07. The van der Waals surface area contributed by atoms with Crippen LogP contribution >= 0.6 is 11.3 Å². The second-order valence-corrected chi connectivity index (χ2v) is 6.67. The molecule has 2 aliphatic heterocycles. The fourth-order valence-electron chi connectivity index (χ4n) is 3.36. The van der Waals surface area contributed by atoms with Crippen molar-refractivity contribution in [2.75, 3.05) is 26.3 Å². The third-order valence-electron chi connectivity index (χ3n) is 4.23. The van der Waals surface area contributed by atoms with Crippen LogP contribution in [0.25, 0.3) is 0 Å². The van der Waals surface area contributed by atoms with E-state index in [1.54, 1.807) is 11.3 Å². The summed E-state index contributed by atoms with van der Waals surface area (Å²) < 4.78 is 11.9. The number of hydrogen-bond acceptors (Lipinski definition) is 4. The molecule has 0 N–H and O–H groups in total. The third kappa shape index (κ3) is 3.31. The number of thiophene rings is 1. The largest absolute Gasteiger partial charge is 0.372 e. The number of likely N-dealkylation sites (tertiary alicyclic amines) is 1. The molecule has 4 heteroatoms. The van der Waals surface area contributed by atoms with Gasteiger partial charge >= 0.3 is 0 Å². The lowest BCUT2D eigenvalue weighted by atomic mass is 9.89. The summed E-state index contributed by atoms with van der Waals surface area (Å²) in [7, 11) is 0. The summed E-state index contributed by atoms with van der Waals surface area (Å²) in [6.07, 6.45) is 5.48. The van der Waals surface area contributed by atoms with Crippen LogP contribution in [-0.2, 0) is 16.0 Å². The van der Waals surface area contributed by atoms with E-state index in [0.29, 0.717) is 6.61 Å². The first kappa shape index (κ1) is 14.3. The summed E-state index contributed by atoms with van der Waals surface area (Å²) in [5.74, 6) is 0. The van der Waals surface area contributed by atoms with E-state index in [9.17, 15) is 0 Å². The summed E-state index contributed by atoms with van der Waals surface area (Å²) in [4.78, 5) is 2.53. The smallest absolute Gasteiger partial charge is 0.0841 e. The molecule has 1 spiro atoms. The minimum atomic E-state index is 0.0279. The van der Waals surface area contributed by atoms with Crippen LogP contribution in [0.5, 0.6) is 0 Å². The molecule has 2 aliphatic rings. The van der Waals surface area contributed by atoms with Gasteiger partial charge in [-0.3, -0.25) is 4.90 Å². The van der Waals surface area contributed by atoms with Gasteiger partial charge in [-0.25, -0.2) is 0 Å². The first-order valence-electron chi connectivity index (χ1n) is 7.40. The minimum Gasteiger partial charge on any atom is -0.372 e. The maximum atomic E-state index is 6.14. The number of hydrogen-bond donors (Lipinski definition) is 0. The monoisotopic (exact) mass is 293 g/mol. The van der Waals surface area contributed by atoms with Crippen LogP contribution in [0.2, 0.25) is 0 Å². The Labute approximate surface area is 125 Å². The Hall–Kier alpha value is -0.680. The summed E-state index contributed by atoms with van der Waals surface area (Å²) in [6.45, 7) is 8.34. The van der Waals surface area contributed by atoms with Crippen LogP contribution in [0.15, 0.2) is 29.5 Å². The first-order valence-corrected chi connectivity index (χ1v) is 8.34. The van der Waals surface area contributed by atoms with E-state index in [-0.39, 0.29) is 11.7 Å². The van der Waals surface area contributed by atoms with Crippen LogP contribution in [0.4, 0.5) is 0 Å². The summed E-state index contributed by atoms with van der Waals surface area (Å²) in [6, 6.07) is 2.22. The fraction of sp³-hybridized carbons (Fsp3) is 0.625.